The van der Waals surface area contributed by atoms with Crippen molar-refractivity contribution in [3.63, 3.8) is 0 Å². The van der Waals surface area contributed by atoms with Gasteiger partial charge in [-0.3, -0.25) is 9.59 Å². The minimum absolute atomic E-state index is 0.140. The van der Waals surface area contributed by atoms with Gasteiger partial charge in [0, 0.05) is 5.70 Å². The molecule has 7 nitrogen and oxygen atoms in total. The fourth-order valence-electron chi connectivity index (χ4n) is 4.86. The van der Waals surface area contributed by atoms with Crippen LogP contribution in [-0.4, -0.2) is 26.6 Å². The van der Waals surface area contributed by atoms with E-state index in [1.54, 1.807) is 4.68 Å². The molecule has 2 aliphatic heterocycles. The van der Waals surface area contributed by atoms with E-state index in [4.69, 9.17) is 0 Å². The van der Waals surface area contributed by atoms with Crippen LogP contribution in [0.3, 0.4) is 0 Å². The lowest BCUT2D eigenvalue weighted by Gasteiger charge is -2.24. The molecule has 2 aromatic carbocycles. The molecule has 33 heavy (non-hydrogen) atoms. The van der Waals surface area contributed by atoms with Crippen LogP contribution in [0.25, 0.3) is 5.70 Å². The Morgan fingerprint density at radius 2 is 1.58 bits per heavy atom. The zero-order chi connectivity index (χ0) is 22.5. The van der Waals surface area contributed by atoms with Gasteiger partial charge in [-0.05, 0) is 37.0 Å². The van der Waals surface area contributed by atoms with Crippen molar-refractivity contribution >= 4 is 29.4 Å². The first-order valence-corrected chi connectivity index (χ1v) is 11.2. The second kappa shape index (κ2) is 7.55. The van der Waals surface area contributed by atoms with Crippen molar-refractivity contribution in [2.45, 2.75) is 25.8 Å². The molecule has 1 fully saturated rings. The standard InChI is InChI=1S/C26H23N5O2/c1-16-11-13-18(14-12-16)22-15-21(17-7-3-2-4-8-17)27-25-28-26(29-31(22)25)30-23(32)19-9-5-6-10-20(19)24(30)33/h2-8,11-15,19-20,22H,9-10H2,1H3,(H,27,28,29). The average Bonchev–Trinajstić information content (AvgIpc) is 3.38. The first-order valence-electron chi connectivity index (χ1n) is 11.2. The lowest BCUT2D eigenvalue weighted by atomic mass is 9.85. The molecule has 164 valence electrons. The Morgan fingerprint density at radius 3 is 2.24 bits per heavy atom. The van der Waals surface area contributed by atoms with E-state index < -0.39 is 0 Å². The average molecular weight is 438 g/mol. The fraction of sp³-hybridized carbons (Fsp3) is 0.231. The fourth-order valence-corrected chi connectivity index (χ4v) is 4.86. The maximum absolute atomic E-state index is 13.1. The maximum atomic E-state index is 13.1. The second-order valence-electron chi connectivity index (χ2n) is 8.77. The number of carbonyl (C=O) groups excluding carboxylic acids is 2. The molecular formula is C26H23N5O2. The van der Waals surface area contributed by atoms with E-state index >= 15 is 0 Å². The maximum Gasteiger partial charge on any atom is 0.260 e. The van der Waals surface area contributed by atoms with Gasteiger partial charge in [-0.2, -0.15) is 4.98 Å². The van der Waals surface area contributed by atoms with Crippen molar-refractivity contribution < 1.29 is 9.59 Å². The van der Waals surface area contributed by atoms with Gasteiger partial charge in [0.2, 0.25) is 17.8 Å². The Morgan fingerprint density at radius 1 is 0.909 bits per heavy atom. The summed E-state index contributed by atoms with van der Waals surface area (Å²) in [5, 5.41) is 8.01. The van der Waals surface area contributed by atoms with E-state index in [9.17, 15) is 9.59 Å². The van der Waals surface area contributed by atoms with Crippen molar-refractivity contribution in [1.29, 1.82) is 0 Å². The Hall–Kier alpha value is -4.00. The number of imide groups is 1. The Kier molecular flexibility index (Phi) is 4.50. The summed E-state index contributed by atoms with van der Waals surface area (Å²) in [5.41, 5.74) is 4.15. The summed E-state index contributed by atoms with van der Waals surface area (Å²) in [6.45, 7) is 2.05. The van der Waals surface area contributed by atoms with Crippen molar-refractivity contribution in [2.24, 2.45) is 11.8 Å². The molecule has 0 saturated carbocycles. The summed E-state index contributed by atoms with van der Waals surface area (Å²) in [6.07, 6.45) is 7.23. The van der Waals surface area contributed by atoms with Crippen molar-refractivity contribution in [2.75, 3.05) is 10.2 Å². The highest BCUT2D eigenvalue weighted by molar-refractivity contribution is 6.21. The number of hydrogen-bond donors (Lipinski definition) is 1. The number of fused-ring (bicyclic) bond motifs is 2. The SMILES string of the molecule is Cc1ccc(C2C=C(c3ccccc3)Nc3nc(N4C(=O)C5CC=CCC5C4=O)nn32)cc1. The lowest BCUT2D eigenvalue weighted by Crippen LogP contribution is -2.32. The van der Waals surface area contributed by atoms with Crippen LogP contribution in [-0.2, 0) is 9.59 Å². The summed E-state index contributed by atoms with van der Waals surface area (Å²) in [7, 11) is 0. The predicted molar refractivity (Wildman–Crippen MR) is 125 cm³/mol. The van der Waals surface area contributed by atoms with Crippen LogP contribution in [0.2, 0.25) is 0 Å². The van der Waals surface area contributed by atoms with Crippen LogP contribution in [0.15, 0.2) is 72.8 Å². The highest BCUT2D eigenvalue weighted by Crippen LogP contribution is 2.39. The van der Waals surface area contributed by atoms with Gasteiger partial charge in [-0.15, -0.1) is 5.10 Å². The van der Waals surface area contributed by atoms with Crippen molar-refractivity contribution in [1.82, 2.24) is 14.8 Å². The molecule has 2 amide bonds. The predicted octanol–water partition coefficient (Wildman–Crippen LogP) is 4.10. The quantitative estimate of drug-likeness (QED) is 0.493. The highest BCUT2D eigenvalue weighted by atomic mass is 16.2. The van der Waals surface area contributed by atoms with Gasteiger partial charge in [-0.1, -0.05) is 72.3 Å². The van der Waals surface area contributed by atoms with Gasteiger partial charge in [0.15, 0.2) is 0 Å². The summed E-state index contributed by atoms with van der Waals surface area (Å²) >= 11 is 0. The summed E-state index contributed by atoms with van der Waals surface area (Å²) in [5.74, 6) is -0.406. The molecule has 3 heterocycles. The molecule has 1 saturated heterocycles. The zero-order valence-electron chi connectivity index (χ0n) is 18.2. The largest absolute Gasteiger partial charge is 0.324 e. The van der Waals surface area contributed by atoms with Gasteiger partial charge in [-0.25, -0.2) is 9.58 Å². The number of anilines is 2. The van der Waals surface area contributed by atoms with Crippen molar-refractivity contribution in [3.05, 3.63) is 89.5 Å². The molecule has 0 spiro atoms. The normalized spacial score (nSPS) is 23.7. The van der Waals surface area contributed by atoms with E-state index in [2.05, 4.69) is 52.7 Å². The van der Waals surface area contributed by atoms with Gasteiger partial charge in [0.05, 0.1) is 11.8 Å². The summed E-state index contributed by atoms with van der Waals surface area (Å²) in [4.78, 5) is 32.0. The molecule has 3 aliphatic rings. The van der Waals surface area contributed by atoms with E-state index in [1.807, 2.05) is 42.5 Å². The molecule has 7 heteroatoms. The van der Waals surface area contributed by atoms with Gasteiger partial charge < -0.3 is 5.32 Å². The molecule has 1 N–H and O–H groups in total. The number of amides is 2. The Labute approximate surface area is 191 Å². The molecule has 1 aromatic heterocycles. The summed E-state index contributed by atoms with van der Waals surface area (Å²) < 4.78 is 1.76. The third-order valence-electron chi connectivity index (χ3n) is 6.67. The second-order valence-corrected chi connectivity index (χ2v) is 8.77. The van der Waals surface area contributed by atoms with Crippen LogP contribution in [0.4, 0.5) is 11.9 Å². The number of carbonyl (C=O) groups is 2. The number of aryl methyl sites for hydroxylation is 1. The van der Waals surface area contributed by atoms with Crippen LogP contribution in [0, 0.1) is 18.8 Å². The minimum Gasteiger partial charge on any atom is -0.324 e. The first kappa shape index (κ1) is 19.7. The Bertz CT molecular complexity index is 1280. The molecule has 0 bridgehead atoms. The smallest absolute Gasteiger partial charge is 0.260 e. The third-order valence-corrected chi connectivity index (χ3v) is 6.67. The van der Waals surface area contributed by atoms with Crippen LogP contribution >= 0.6 is 0 Å². The molecule has 3 aromatic rings. The first-order chi connectivity index (χ1) is 16.1. The number of hydrogen-bond acceptors (Lipinski definition) is 5. The lowest BCUT2D eigenvalue weighted by molar-refractivity contribution is -0.122. The summed E-state index contributed by atoms with van der Waals surface area (Å²) in [6, 6.07) is 18.1. The molecular weight excluding hydrogens is 414 g/mol. The van der Waals surface area contributed by atoms with Crippen LogP contribution in [0.5, 0.6) is 0 Å². The van der Waals surface area contributed by atoms with Gasteiger partial charge in [0.25, 0.3) is 5.95 Å². The van der Waals surface area contributed by atoms with E-state index in [-0.39, 0.29) is 35.6 Å². The van der Waals surface area contributed by atoms with E-state index in [0.29, 0.717) is 18.8 Å². The van der Waals surface area contributed by atoms with Gasteiger partial charge in [0.1, 0.15) is 6.04 Å². The van der Waals surface area contributed by atoms with Crippen molar-refractivity contribution in [3.8, 4) is 0 Å². The molecule has 3 unspecified atom stereocenters. The van der Waals surface area contributed by atoms with E-state index in [1.165, 1.54) is 10.5 Å². The molecule has 3 atom stereocenters. The highest BCUT2D eigenvalue weighted by Gasteiger charge is 2.49. The number of nitrogens with one attached hydrogen (secondary N) is 1. The number of aromatic nitrogens is 3. The zero-order valence-corrected chi connectivity index (χ0v) is 18.2. The number of allylic oxidation sites excluding steroid dienone is 3. The Balaban J connectivity index is 1.43. The number of nitrogens with zero attached hydrogens (tertiary/aromatic N) is 4. The number of benzene rings is 2. The number of rotatable bonds is 3. The van der Waals surface area contributed by atoms with Crippen LogP contribution < -0.4 is 10.2 Å². The minimum atomic E-state index is -0.318. The van der Waals surface area contributed by atoms with Crippen LogP contribution in [0.1, 0.15) is 35.6 Å². The third kappa shape index (κ3) is 3.19. The van der Waals surface area contributed by atoms with E-state index in [0.717, 1.165) is 16.8 Å². The topological polar surface area (TPSA) is 80.1 Å². The molecule has 1 aliphatic carbocycles. The molecule has 6 rings (SSSR count). The monoisotopic (exact) mass is 437 g/mol. The van der Waals surface area contributed by atoms with Gasteiger partial charge >= 0.3 is 0 Å². The molecule has 0 radical (unpaired) electrons.